The lowest BCUT2D eigenvalue weighted by Gasteiger charge is -2.52. The van der Waals surface area contributed by atoms with E-state index in [0.717, 1.165) is 24.8 Å². The molecule has 2 aliphatic carbocycles. The quantitative estimate of drug-likeness (QED) is 0.240. The Balaban J connectivity index is 2.19. The topological polar surface area (TPSA) is 77.8 Å². The van der Waals surface area contributed by atoms with Crippen LogP contribution in [0.25, 0.3) is 0 Å². The largest absolute Gasteiger partial charge is 0.511 e. The Morgan fingerprint density at radius 2 is 2.00 bits per heavy atom. The van der Waals surface area contributed by atoms with Crippen LogP contribution in [0, 0.1) is 29.1 Å². The molecule has 1 heterocycles. The number of likely N-dealkylation sites (N-methyl/N-ethyl adjacent to an activating group) is 1. The molecular formula is C25H35NO4. The van der Waals surface area contributed by atoms with E-state index in [0.29, 0.717) is 11.8 Å². The number of hydrogen-bond acceptors (Lipinski definition) is 4. The average Bonchev–Trinajstić information content (AvgIpc) is 2.91. The zero-order valence-electron chi connectivity index (χ0n) is 18.8. The fraction of sp³-hybridized carbons (Fsp3) is 0.600. The monoisotopic (exact) mass is 413 g/mol. The lowest BCUT2D eigenvalue weighted by Crippen LogP contribution is -2.46. The van der Waals surface area contributed by atoms with Gasteiger partial charge in [0.05, 0.1) is 6.61 Å². The highest BCUT2D eigenvalue weighted by Crippen LogP contribution is 2.58. The summed E-state index contributed by atoms with van der Waals surface area (Å²) in [6.45, 7) is 7.86. The van der Waals surface area contributed by atoms with Gasteiger partial charge in [-0.2, -0.15) is 0 Å². The molecule has 0 aromatic carbocycles. The molecule has 3 aliphatic rings. The van der Waals surface area contributed by atoms with E-state index < -0.39 is 29.8 Å². The molecule has 5 heteroatoms. The standard InChI is InChI=1S/C25H35NO4/c1-6-7-8-9-18-16(3)13-17-12-15(2)10-11-19(17)25(18,4)23(29)21-22(28)20(14-27)26(5)24(21)30/h6-9,13,15,17-20,27,29H,10-12,14H2,1-5H3/b7-6+,9-8+,23-21+/t15-,17+,18-,19-,20-,25-/m0/s1. The van der Waals surface area contributed by atoms with Gasteiger partial charge in [0.1, 0.15) is 17.4 Å². The van der Waals surface area contributed by atoms with Crippen LogP contribution in [-0.2, 0) is 9.59 Å². The van der Waals surface area contributed by atoms with Crippen LogP contribution in [0.1, 0.15) is 47.0 Å². The molecule has 1 aliphatic heterocycles. The van der Waals surface area contributed by atoms with E-state index in [4.69, 9.17) is 0 Å². The highest BCUT2D eigenvalue weighted by molar-refractivity contribution is 6.26. The summed E-state index contributed by atoms with van der Waals surface area (Å²) in [5, 5.41) is 21.2. The summed E-state index contributed by atoms with van der Waals surface area (Å²) in [5.74, 6) is -0.128. The number of rotatable bonds is 4. The number of carbonyl (C=O) groups is 2. The fourth-order valence-corrected chi connectivity index (χ4v) is 5.92. The van der Waals surface area contributed by atoms with Crippen molar-refractivity contribution in [2.75, 3.05) is 13.7 Å². The van der Waals surface area contributed by atoms with E-state index in [1.165, 1.54) is 11.9 Å². The number of allylic oxidation sites excluding steroid dienone is 7. The van der Waals surface area contributed by atoms with Gasteiger partial charge in [0.15, 0.2) is 5.78 Å². The van der Waals surface area contributed by atoms with Gasteiger partial charge in [-0.1, -0.05) is 56.2 Å². The van der Waals surface area contributed by atoms with Crippen molar-refractivity contribution in [3.8, 4) is 0 Å². The highest BCUT2D eigenvalue weighted by Gasteiger charge is 2.55. The Morgan fingerprint density at radius 3 is 2.60 bits per heavy atom. The number of carbonyl (C=O) groups excluding carboxylic acids is 2. The Labute approximate surface area is 179 Å². The minimum Gasteiger partial charge on any atom is -0.511 e. The molecule has 0 unspecified atom stereocenters. The van der Waals surface area contributed by atoms with Crippen molar-refractivity contribution in [3.63, 3.8) is 0 Å². The Morgan fingerprint density at radius 1 is 1.30 bits per heavy atom. The molecule has 6 atom stereocenters. The lowest BCUT2D eigenvalue weighted by molar-refractivity contribution is -0.126. The van der Waals surface area contributed by atoms with Crippen LogP contribution >= 0.6 is 0 Å². The number of hydrogen-bond donors (Lipinski definition) is 2. The molecule has 1 amide bonds. The smallest absolute Gasteiger partial charge is 0.261 e. The van der Waals surface area contributed by atoms with E-state index in [1.807, 2.05) is 32.1 Å². The highest BCUT2D eigenvalue weighted by atomic mass is 16.3. The SMILES string of the molecule is C/C=C/C=C/[C@H]1C(C)=C[C@H]2C[C@@H](C)CC[C@@H]2[C@@]1(C)/C(O)=C1/C(=O)[C@H](CO)N(C)C1=O. The maximum absolute atomic E-state index is 13.0. The summed E-state index contributed by atoms with van der Waals surface area (Å²) in [6.07, 6.45) is 13.4. The molecule has 3 rings (SSSR count). The van der Waals surface area contributed by atoms with Gasteiger partial charge in [-0.15, -0.1) is 0 Å². The van der Waals surface area contributed by atoms with Crippen molar-refractivity contribution < 1.29 is 19.8 Å². The van der Waals surface area contributed by atoms with Crippen molar-refractivity contribution in [1.29, 1.82) is 0 Å². The minimum atomic E-state index is -0.919. The maximum Gasteiger partial charge on any atom is 0.261 e. The van der Waals surface area contributed by atoms with E-state index in [1.54, 1.807) is 0 Å². The molecular weight excluding hydrogens is 378 g/mol. The second kappa shape index (κ2) is 8.54. The summed E-state index contributed by atoms with van der Waals surface area (Å²) in [6, 6.07) is -0.919. The second-order valence-corrected chi connectivity index (χ2v) is 9.47. The molecule has 164 valence electrons. The van der Waals surface area contributed by atoms with Crippen LogP contribution in [0.4, 0.5) is 0 Å². The van der Waals surface area contributed by atoms with Gasteiger partial charge in [-0.3, -0.25) is 9.59 Å². The van der Waals surface area contributed by atoms with Gasteiger partial charge in [-0.25, -0.2) is 0 Å². The predicted molar refractivity (Wildman–Crippen MR) is 118 cm³/mol. The van der Waals surface area contributed by atoms with Crippen molar-refractivity contribution in [3.05, 3.63) is 47.3 Å². The number of amides is 1. The minimum absolute atomic E-state index is 0.104. The van der Waals surface area contributed by atoms with Gasteiger partial charge >= 0.3 is 0 Å². The predicted octanol–water partition coefficient (Wildman–Crippen LogP) is 3.97. The van der Waals surface area contributed by atoms with E-state index >= 15 is 0 Å². The lowest BCUT2D eigenvalue weighted by atomic mass is 9.52. The molecule has 5 nitrogen and oxygen atoms in total. The third kappa shape index (κ3) is 3.47. The summed E-state index contributed by atoms with van der Waals surface area (Å²) in [4.78, 5) is 27.1. The van der Waals surface area contributed by atoms with Crippen molar-refractivity contribution in [2.45, 2.75) is 53.0 Å². The summed E-state index contributed by atoms with van der Waals surface area (Å²) < 4.78 is 0. The van der Waals surface area contributed by atoms with Crippen LogP contribution in [-0.4, -0.2) is 46.5 Å². The average molecular weight is 414 g/mol. The molecule has 0 bridgehead atoms. The number of likely N-dealkylation sites (tertiary alicyclic amines) is 1. The molecule has 0 aromatic heterocycles. The zero-order valence-corrected chi connectivity index (χ0v) is 18.8. The molecule has 2 N–H and O–H groups in total. The first-order valence-corrected chi connectivity index (χ1v) is 11.0. The number of ketones is 1. The van der Waals surface area contributed by atoms with Crippen LogP contribution in [0.5, 0.6) is 0 Å². The normalized spacial score (nSPS) is 39.1. The molecule has 30 heavy (non-hydrogen) atoms. The molecule has 0 spiro atoms. The van der Waals surface area contributed by atoms with Gasteiger partial charge in [0, 0.05) is 18.4 Å². The summed E-state index contributed by atoms with van der Waals surface area (Å²) >= 11 is 0. The van der Waals surface area contributed by atoms with E-state index in [9.17, 15) is 19.8 Å². The third-order valence-electron chi connectivity index (χ3n) is 7.62. The Kier molecular flexibility index (Phi) is 6.42. The van der Waals surface area contributed by atoms with Crippen molar-refractivity contribution in [2.24, 2.45) is 29.1 Å². The van der Waals surface area contributed by atoms with Gasteiger partial charge in [-0.05, 0) is 44.4 Å². The number of aliphatic hydroxyl groups is 2. The van der Waals surface area contributed by atoms with Gasteiger partial charge in [0.25, 0.3) is 5.91 Å². The van der Waals surface area contributed by atoms with Gasteiger partial charge in [0.2, 0.25) is 0 Å². The molecule has 1 saturated heterocycles. The number of fused-ring (bicyclic) bond motifs is 1. The first kappa shape index (κ1) is 22.5. The van der Waals surface area contributed by atoms with Crippen molar-refractivity contribution in [1.82, 2.24) is 4.90 Å². The van der Waals surface area contributed by atoms with Crippen LogP contribution < -0.4 is 0 Å². The van der Waals surface area contributed by atoms with Crippen LogP contribution in [0.15, 0.2) is 47.3 Å². The third-order valence-corrected chi connectivity index (χ3v) is 7.62. The number of aliphatic hydroxyl groups excluding tert-OH is 2. The fourth-order valence-electron chi connectivity index (χ4n) is 5.92. The second-order valence-electron chi connectivity index (χ2n) is 9.47. The Hall–Kier alpha value is -2.14. The number of nitrogens with zero attached hydrogens (tertiary/aromatic N) is 1. The zero-order chi connectivity index (χ0) is 22.2. The van der Waals surface area contributed by atoms with E-state index in [-0.39, 0.29) is 23.2 Å². The molecule has 1 saturated carbocycles. The number of Topliss-reactive ketones (excluding diaryl/α,β-unsaturated/α-hetero) is 1. The van der Waals surface area contributed by atoms with Crippen LogP contribution in [0.3, 0.4) is 0 Å². The summed E-state index contributed by atoms with van der Waals surface area (Å²) in [5.41, 5.74) is 0.259. The summed E-state index contributed by atoms with van der Waals surface area (Å²) in [7, 11) is 1.50. The first-order chi connectivity index (χ1) is 14.2. The van der Waals surface area contributed by atoms with Crippen molar-refractivity contribution >= 4 is 11.7 Å². The molecule has 2 fully saturated rings. The maximum atomic E-state index is 13.0. The van der Waals surface area contributed by atoms with E-state index in [2.05, 4.69) is 26.0 Å². The van der Waals surface area contributed by atoms with Crippen LogP contribution in [0.2, 0.25) is 0 Å². The first-order valence-electron chi connectivity index (χ1n) is 11.0. The molecule has 0 radical (unpaired) electrons. The van der Waals surface area contributed by atoms with Gasteiger partial charge < -0.3 is 15.1 Å². The molecule has 0 aromatic rings. The Bertz CT molecular complexity index is 836.